The standard InChI is InChI=1S/C16H23N3O4/c1-16(2,3)23-15(22)18-12-5-4-8-19(10-12)13-7-6-11(9-17-13)14(20)21/h6-7,9,12H,4-5,8,10H2,1-3H3,(H,18,22)(H,20,21). The van der Waals surface area contributed by atoms with E-state index in [1.807, 2.05) is 25.7 Å². The summed E-state index contributed by atoms with van der Waals surface area (Å²) in [6.07, 6.45) is 2.73. The fourth-order valence-corrected chi connectivity index (χ4v) is 2.48. The molecular formula is C16H23N3O4. The highest BCUT2D eigenvalue weighted by Gasteiger charge is 2.24. The first kappa shape index (κ1) is 17.1. The van der Waals surface area contributed by atoms with Gasteiger partial charge < -0.3 is 20.1 Å². The van der Waals surface area contributed by atoms with Crippen molar-refractivity contribution in [3.63, 3.8) is 0 Å². The highest BCUT2D eigenvalue weighted by Crippen LogP contribution is 2.18. The van der Waals surface area contributed by atoms with Gasteiger partial charge in [0.15, 0.2) is 0 Å². The van der Waals surface area contributed by atoms with Gasteiger partial charge in [-0.15, -0.1) is 0 Å². The molecule has 0 radical (unpaired) electrons. The van der Waals surface area contributed by atoms with Gasteiger partial charge in [-0.2, -0.15) is 0 Å². The second-order valence-corrected chi connectivity index (χ2v) is 6.64. The molecule has 1 unspecified atom stereocenters. The third-order valence-electron chi connectivity index (χ3n) is 3.46. The van der Waals surface area contributed by atoms with Crippen LogP contribution in [0.3, 0.4) is 0 Å². The summed E-state index contributed by atoms with van der Waals surface area (Å²) in [7, 11) is 0. The van der Waals surface area contributed by atoms with Gasteiger partial charge in [0, 0.05) is 25.3 Å². The Hall–Kier alpha value is -2.31. The average Bonchev–Trinajstić information content (AvgIpc) is 2.45. The Balaban J connectivity index is 1.95. The van der Waals surface area contributed by atoms with E-state index in [9.17, 15) is 9.59 Å². The summed E-state index contributed by atoms with van der Waals surface area (Å²) >= 11 is 0. The van der Waals surface area contributed by atoms with E-state index in [1.54, 1.807) is 6.07 Å². The number of nitrogens with zero attached hydrogens (tertiary/aromatic N) is 2. The number of hydrogen-bond donors (Lipinski definition) is 2. The Morgan fingerprint density at radius 1 is 1.39 bits per heavy atom. The van der Waals surface area contributed by atoms with E-state index < -0.39 is 17.7 Å². The zero-order chi connectivity index (χ0) is 17.0. The van der Waals surface area contributed by atoms with Crippen LogP contribution in [-0.4, -0.2) is 46.9 Å². The number of carboxylic acid groups (broad SMARTS) is 1. The van der Waals surface area contributed by atoms with Gasteiger partial charge in [-0.3, -0.25) is 0 Å². The van der Waals surface area contributed by atoms with Crippen molar-refractivity contribution in [3.05, 3.63) is 23.9 Å². The number of nitrogens with one attached hydrogen (secondary N) is 1. The van der Waals surface area contributed by atoms with Gasteiger partial charge in [-0.05, 0) is 45.7 Å². The van der Waals surface area contributed by atoms with Gasteiger partial charge in [0.05, 0.1) is 5.56 Å². The monoisotopic (exact) mass is 321 g/mol. The molecule has 1 aliphatic heterocycles. The minimum atomic E-state index is -0.993. The number of ether oxygens (including phenoxy) is 1. The molecule has 23 heavy (non-hydrogen) atoms. The molecule has 2 rings (SSSR count). The number of carbonyl (C=O) groups excluding carboxylic acids is 1. The molecule has 1 fully saturated rings. The molecule has 2 N–H and O–H groups in total. The lowest BCUT2D eigenvalue weighted by Crippen LogP contribution is -2.49. The first-order valence-electron chi connectivity index (χ1n) is 7.68. The van der Waals surface area contributed by atoms with Crippen LogP contribution in [0, 0.1) is 0 Å². The molecule has 0 bridgehead atoms. The van der Waals surface area contributed by atoms with Crippen molar-refractivity contribution in [2.75, 3.05) is 18.0 Å². The summed E-state index contributed by atoms with van der Waals surface area (Å²) in [4.78, 5) is 29.0. The Kier molecular flexibility index (Phi) is 5.08. The maximum absolute atomic E-state index is 11.9. The zero-order valence-corrected chi connectivity index (χ0v) is 13.7. The number of piperidine rings is 1. The van der Waals surface area contributed by atoms with Crippen LogP contribution in [0.25, 0.3) is 0 Å². The number of carboxylic acids is 1. The molecular weight excluding hydrogens is 298 g/mol. The van der Waals surface area contributed by atoms with Gasteiger partial charge in [0.2, 0.25) is 0 Å². The van der Waals surface area contributed by atoms with Crippen molar-refractivity contribution < 1.29 is 19.4 Å². The fraction of sp³-hybridized carbons (Fsp3) is 0.562. The molecule has 1 amide bonds. The van der Waals surface area contributed by atoms with Crippen LogP contribution in [0.4, 0.5) is 10.6 Å². The second kappa shape index (κ2) is 6.85. The first-order chi connectivity index (χ1) is 10.7. The Morgan fingerprint density at radius 3 is 2.70 bits per heavy atom. The molecule has 1 atom stereocenters. The number of pyridine rings is 1. The number of amides is 1. The van der Waals surface area contributed by atoms with Crippen LogP contribution in [0.2, 0.25) is 0 Å². The summed E-state index contributed by atoms with van der Waals surface area (Å²) in [6, 6.07) is 3.22. The molecule has 1 saturated heterocycles. The highest BCUT2D eigenvalue weighted by molar-refractivity contribution is 5.87. The van der Waals surface area contributed by atoms with Gasteiger partial charge in [0.25, 0.3) is 0 Å². The lowest BCUT2D eigenvalue weighted by Gasteiger charge is -2.34. The lowest BCUT2D eigenvalue weighted by molar-refractivity contribution is 0.0499. The smallest absolute Gasteiger partial charge is 0.407 e. The molecule has 126 valence electrons. The van der Waals surface area contributed by atoms with Crippen LogP contribution in [0.5, 0.6) is 0 Å². The molecule has 0 spiro atoms. The largest absolute Gasteiger partial charge is 0.478 e. The molecule has 7 nitrogen and oxygen atoms in total. The number of rotatable bonds is 3. The quantitative estimate of drug-likeness (QED) is 0.887. The number of aromatic carboxylic acids is 1. The number of aromatic nitrogens is 1. The van der Waals surface area contributed by atoms with Gasteiger partial charge in [-0.25, -0.2) is 14.6 Å². The summed E-state index contributed by atoms with van der Waals surface area (Å²) in [6.45, 7) is 6.93. The van der Waals surface area contributed by atoms with E-state index in [-0.39, 0.29) is 11.6 Å². The van der Waals surface area contributed by atoms with Gasteiger partial charge >= 0.3 is 12.1 Å². The van der Waals surface area contributed by atoms with Crippen molar-refractivity contribution >= 4 is 17.9 Å². The van der Waals surface area contributed by atoms with E-state index in [4.69, 9.17) is 9.84 Å². The molecule has 1 aromatic heterocycles. The number of carbonyl (C=O) groups is 2. The van der Waals surface area contributed by atoms with Gasteiger partial charge in [-0.1, -0.05) is 0 Å². The van der Waals surface area contributed by atoms with Crippen LogP contribution in [0.1, 0.15) is 44.0 Å². The predicted molar refractivity (Wildman–Crippen MR) is 85.8 cm³/mol. The van der Waals surface area contributed by atoms with Gasteiger partial charge in [0.1, 0.15) is 11.4 Å². The maximum Gasteiger partial charge on any atom is 0.407 e. The van der Waals surface area contributed by atoms with E-state index in [2.05, 4.69) is 10.3 Å². The highest BCUT2D eigenvalue weighted by atomic mass is 16.6. The normalized spacial score (nSPS) is 18.4. The first-order valence-corrected chi connectivity index (χ1v) is 7.68. The number of anilines is 1. The minimum Gasteiger partial charge on any atom is -0.478 e. The topological polar surface area (TPSA) is 91.8 Å². The maximum atomic E-state index is 11.9. The molecule has 2 heterocycles. The fourth-order valence-electron chi connectivity index (χ4n) is 2.48. The zero-order valence-electron chi connectivity index (χ0n) is 13.7. The average molecular weight is 321 g/mol. The predicted octanol–water partition coefficient (Wildman–Crippen LogP) is 2.27. The second-order valence-electron chi connectivity index (χ2n) is 6.64. The van der Waals surface area contributed by atoms with Crippen molar-refractivity contribution in [1.29, 1.82) is 0 Å². The number of hydrogen-bond acceptors (Lipinski definition) is 5. The lowest BCUT2D eigenvalue weighted by atomic mass is 10.1. The number of alkyl carbamates (subject to hydrolysis) is 1. The molecule has 1 aromatic rings. The minimum absolute atomic E-state index is 0.0143. The Labute approximate surface area is 135 Å². The van der Waals surface area contributed by atoms with E-state index in [1.165, 1.54) is 12.3 Å². The summed E-state index contributed by atoms with van der Waals surface area (Å²) < 4.78 is 5.27. The molecule has 1 aliphatic rings. The van der Waals surface area contributed by atoms with E-state index >= 15 is 0 Å². The van der Waals surface area contributed by atoms with E-state index in [0.717, 1.165) is 19.4 Å². The van der Waals surface area contributed by atoms with Crippen molar-refractivity contribution in [1.82, 2.24) is 10.3 Å². The summed E-state index contributed by atoms with van der Waals surface area (Å²) in [5, 5.41) is 11.8. The SMILES string of the molecule is CC(C)(C)OC(=O)NC1CCCN(c2ccc(C(=O)O)cn2)C1. The van der Waals surface area contributed by atoms with E-state index in [0.29, 0.717) is 12.4 Å². The van der Waals surface area contributed by atoms with Crippen LogP contribution in [-0.2, 0) is 4.74 Å². The Bertz CT molecular complexity index is 566. The molecule has 0 aliphatic carbocycles. The molecule has 7 heteroatoms. The molecule has 0 saturated carbocycles. The van der Waals surface area contributed by atoms with Crippen LogP contribution in [0.15, 0.2) is 18.3 Å². The molecule has 0 aromatic carbocycles. The van der Waals surface area contributed by atoms with Crippen LogP contribution >= 0.6 is 0 Å². The third kappa shape index (κ3) is 5.12. The summed E-state index contributed by atoms with van der Waals surface area (Å²) in [5.74, 6) is -0.280. The van der Waals surface area contributed by atoms with Crippen molar-refractivity contribution in [2.24, 2.45) is 0 Å². The van der Waals surface area contributed by atoms with Crippen molar-refractivity contribution in [3.8, 4) is 0 Å². The Morgan fingerprint density at radius 2 is 2.13 bits per heavy atom. The van der Waals surface area contributed by atoms with Crippen molar-refractivity contribution in [2.45, 2.75) is 45.3 Å². The third-order valence-corrected chi connectivity index (χ3v) is 3.46. The summed E-state index contributed by atoms with van der Waals surface area (Å²) in [5.41, 5.74) is -0.360. The van der Waals surface area contributed by atoms with Crippen LogP contribution < -0.4 is 10.2 Å².